The third kappa shape index (κ3) is 4.78. The third-order valence-electron chi connectivity index (χ3n) is 3.79. The van der Waals surface area contributed by atoms with Gasteiger partial charge >= 0.3 is 6.09 Å². The van der Waals surface area contributed by atoms with Gasteiger partial charge in [-0.3, -0.25) is 4.79 Å². The van der Waals surface area contributed by atoms with E-state index in [9.17, 15) is 9.59 Å². The monoisotopic (exact) mass is 336 g/mol. The van der Waals surface area contributed by atoms with Gasteiger partial charge in [0.2, 0.25) is 0 Å². The Labute approximate surface area is 142 Å². The first kappa shape index (κ1) is 17.9. The van der Waals surface area contributed by atoms with Crippen LogP contribution in [0.15, 0.2) is 24.3 Å². The Balaban J connectivity index is 1.85. The zero-order valence-corrected chi connectivity index (χ0v) is 14.2. The van der Waals surface area contributed by atoms with E-state index in [1.54, 1.807) is 36.0 Å². The third-order valence-corrected chi connectivity index (χ3v) is 3.79. The average Bonchev–Trinajstić information content (AvgIpc) is 2.86. The van der Waals surface area contributed by atoms with Crippen LogP contribution in [-0.2, 0) is 9.53 Å². The van der Waals surface area contributed by atoms with Crippen molar-refractivity contribution in [3.8, 4) is 11.5 Å². The van der Waals surface area contributed by atoms with Crippen molar-refractivity contribution in [2.75, 3.05) is 46.5 Å². The highest BCUT2D eigenvalue weighted by atomic mass is 16.6. The molecule has 2 amide bonds. The van der Waals surface area contributed by atoms with Gasteiger partial charge in [-0.25, -0.2) is 4.79 Å². The lowest BCUT2D eigenvalue weighted by molar-refractivity contribution is -0.133. The van der Waals surface area contributed by atoms with Crippen LogP contribution in [0.5, 0.6) is 11.5 Å². The number of benzene rings is 1. The molecule has 0 aliphatic carbocycles. The Hall–Kier alpha value is -2.44. The van der Waals surface area contributed by atoms with E-state index in [-0.39, 0.29) is 18.6 Å². The zero-order chi connectivity index (χ0) is 17.4. The molecule has 1 aliphatic rings. The lowest BCUT2D eigenvalue weighted by atomic mass is 10.3. The van der Waals surface area contributed by atoms with E-state index in [4.69, 9.17) is 14.2 Å². The lowest BCUT2D eigenvalue weighted by Gasteiger charge is -2.22. The van der Waals surface area contributed by atoms with Crippen molar-refractivity contribution < 1.29 is 23.8 Å². The molecule has 7 heteroatoms. The second kappa shape index (κ2) is 9.00. The average molecular weight is 336 g/mol. The highest BCUT2D eigenvalue weighted by Gasteiger charge is 2.23. The van der Waals surface area contributed by atoms with Crippen molar-refractivity contribution in [2.45, 2.75) is 13.3 Å². The summed E-state index contributed by atoms with van der Waals surface area (Å²) in [6.07, 6.45) is 0.399. The van der Waals surface area contributed by atoms with E-state index < -0.39 is 0 Å². The number of para-hydroxylation sites is 2. The first-order chi connectivity index (χ1) is 11.7. The van der Waals surface area contributed by atoms with Crippen molar-refractivity contribution in [3.63, 3.8) is 0 Å². The zero-order valence-electron chi connectivity index (χ0n) is 14.2. The highest BCUT2D eigenvalue weighted by Crippen LogP contribution is 2.25. The van der Waals surface area contributed by atoms with Crippen molar-refractivity contribution >= 4 is 12.0 Å². The van der Waals surface area contributed by atoms with Crippen LogP contribution in [0.25, 0.3) is 0 Å². The maximum atomic E-state index is 12.4. The van der Waals surface area contributed by atoms with Crippen LogP contribution in [0.1, 0.15) is 13.3 Å². The number of ether oxygens (including phenoxy) is 3. The largest absolute Gasteiger partial charge is 0.493 e. The van der Waals surface area contributed by atoms with Crippen molar-refractivity contribution in [2.24, 2.45) is 0 Å². The Morgan fingerprint density at radius 1 is 1.04 bits per heavy atom. The van der Waals surface area contributed by atoms with Crippen LogP contribution < -0.4 is 9.47 Å². The molecular weight excluding hydrogens is 312 g/mol. The van der Waals surface area contributed by atoms with E-state index in [2.05, 4.69) is 0 Å². The first-order valence-electron chi connectivity index (χ1n) is 8.11. The van der Waals surface area contributed by atoms with Crippen molar-refractivity contribution in [3.05, 3.63) is 24.3 Å². The standard InChI is InChI=1S/C17H24N2O5/c1-3-23-17(21)19-10-6-9-18(11-12-19)16(20)13-24-15-8-5-4-7-14(15)22-2/h4-5,7-8H,3,6,9-13H2,1-2H3. The number of methoxy groups -OCH3 is 1. The number of rotatable bonds is 5. The Morgan fingerprint density at radius 2 is 1.71 bits per heavy atom. The van der Waals surface area contributed by atoms with Gasteiger partial charge < -0.3 is 24.0 Å². The van der Waals surface area contributed by atoms with E-state index in [0.29, 0.717) is 44.3 Å². The molecule has 1 aliphatic heterocycles. The molecule has 0 atom stereocenters. The fourth-order valence-electron chi connectivity index (χ4n) is 2.53. The summed E-state index contributed by atoms with van der Waals surface area (Å²) in [7, 11) is 1.56. The summed E-state index contributed by atoms with van der Waals surface area (Å²) in [6, 6.07) is 7.21. The Kier molecular flexibility index (Phi) is 6.72. The molecule has 1 saturated heterocycles. The molecular formula is C17H24N2O5. The SMILES string of the molecule is CCOC(=O)N1CCCN(C(=O)COc2ccccc2OC)CC1. The summed E-state index contributed by atoms with van der Waals surface area (Å²) in [5.41, 5.74) is 0. The molecule has 0 aromatic heterocycles. The van der Waals surface area contributed by atoms with Gasteiger partial charge in [0.15, 0.2) is 18.1 Å². The van der Waals surface area contributed by atoms with Crippen LogP contribution in [0.4, 0.5) is 4.79 Å². The Bertz CT molecular complexity index is 564. The normalized spacial score (nSPS) is 14.8. The summed E-state index contributed by atoms with van der Waals surface area (Å²) >= 11 is 0. The van der Waals surface area contributed by atoms with Gasteiger partial charge in [0, 0.05) is 26.2 Å². The van der Waals surface area contributed by atoms with E-state index in [0.717, 1.165) is 6.42 Å². The summed E-state index contributed by atoms with van der Waals surface area (Å²) in [6.45, 7) is 4.22. The molecule has 0 spiro atoms. The lowest BCUT2D eigenvalue weighted by Crippen LogP contribution is -2.39. The molecule has 1 aromatic rings. The molecule has 2 rings (SSSR count). The number of carbonyl (C=O) groups is 2. The summed E-state index contributed by atoms with van der Waals surface area (Å²) in [5.74, 6) is 1.03. The molecule has 1 fully saturated rings. The van der Waals surface area contributed by atoms with Gasteiger partial charge in [-0.05, 0) is 25.5 Å². The van der Waals surface area contributed by atoms with Gasteiger partial charge in [0.05, 0.1) is 13.7 Å². The van der Waals surface area contributed by atoms with Crippen molar-refractivity contribution in [1.82, 2.24) is 9.80 Å². The second-order valence-electron chi connectivity index (χ2n) is 5.36. The summed E-state index contributed by atoms with van der Waals surface area (Å²) in [5, 5.41) is 0. The molecule has 0 N–H and O–H groups in total. The molecule has 0 radical (unpaired) electrons. The number of hydrogen-bond donors (Lipinski definition) is 0. The fourth-order valence-corrected chi connectivity index (χ4v) is 2.53. The number of nitrogens with zero attached hydrogens (tertiary/aromatic N) is 2. The van der Waals surface area contributed by atoms with Gasteiger partial charge in [-0.15, -0.1) is 0 Å². The van der Waals surface area contributed by atoms with E-state index >= 15 is 0 Å². The van der Waals surface area contributed by atoms with Crippen LogP contribution in [0.3, 0.4) is 0 Å². The van der Waals surface area contributed by atoms with E-state index in [1.165, 1.54) is 0 Å². The first-order valence-corrected chi connectivity index (χ1v) is 8.11. The van der Waals surface area contributed by atoms with Crippen molar-refractivity contribution in [1.29, 1.82) is 0 Å². The molecule has 0 bridgehead atoms. The molecule has 1 heterocycles. The number of hydrogen-bond acceptors (Lipinski definition) is 5. The molecule has 24 heavy (non-hydrogen) atoms. The van der Waals surface area contributed by atoms with E-state index in [1.807, 2.05) is 12.1 Å². The topological polar surface area (TPSA) is 68.3 Å². The molecule has 132 valence electrons. The Morgan fingerprint density at radius 3 is 2.42 bits per heavy atom. The van der Waals surface area contributed by atoms with Crippen LogP contribution in [0, 0.1) is 0 Å². The summed E-state index contributed by atoms with van der Waals surface area (Å²) < 4.78 is 15.8. The van der Waals surface area contributed by atoms with Gasteiger partial charge in [-0.2, -0.15) is 0 Å². The van der Waals surface area contributed by atoms with Gasteiger partial charge in [0.1, 0.15) is 0 Å². The van der Waals surface area contributed by atoms with Crippen LogP contribution in [0.2, 0.25) is 0 Å². The second-order valence-corrected chi connectivity index (χ2v) is 5.36. The minimum absolute atomic E-state index is 0.0558. The smallest absolute Gasteiger partial charge is 0.409 e. The highest BCUT2D eigenvalue weighted by molar-refractivity contribution is 5.78. The number of carbonyl (C=O) groups excluding carboxylic acids is 2. The van der Waals surface area contributed by atoms with Gasteiger partial charge in [-0.1, -0.05) is 12.1 Å². The van der Waals surface area contributed by atoms with Crippen LogP contribution >= 0.6 is 0 Å². The quantitative estimate of drug-likeness (QED) is 0.820. The van der Waals surface area contributed by atoms with Crippen LogP contribution in [-0.4, -0.2) is 68.3 Å². The molecule has 1 aromatic carbocycles. The van der Waals surface area contributed by atoms with Gasteiger partial charge in [0.25, 0.3) is 5.91 Å². The summed E-state index contributed by atoms with van der Waals surface area (Å²) in [4.78, 5) is 27.5. The minimum Gasteiger partial charge on any atom is -0.493 e. The predicted octanol–water partition coefficient (Wildman–Crippen LogP) is 1.76. The molecule has 0 saturated carbocycles. The minimum atomic E-state index is -0.322. The predicted molar refractivity (Wildman–Crippen MR) is 88.3 cm³/mol. The number of amides is 2. The molecule has 0 unspecified atom stereocenters. The maximum absolute atomic E-state index is 12.4. The molecule has 7 nitrogen and oxygen atoms in total. The fraction of sp³-hybridized carbons (Fsp3) is 0.529. The maximum Gasteiger partial charge on any atom is 0.409 e.